The lowest BCUT2D eigenvalue weighted by Gasteiger charge is -1.94. The maximum atomic E-state index is 13.0. The van der Waals surface area contributed by atoms with E-state index >= 15 is 0 Å². The molecule has 0 aliphatic heterocycles. The fraction of sp³-hybridized carbons (Fsp3) is 0. The summed E-state index contributed by atoms with van der Waals surface area (Å²) in [5, 5.41) is 0.838. The second-order valence-electron chi connectivity index (χ2n) is 2.32. The smallest absolute Gasteiger partial charge is 0.138 e. The van der Waals surface area contributed by atoms with Gasteiger partial charge in [-0.1, -0.05) is 11.6 Å². The normalized spacial score (nSPS) is 10.9. The summed E-state index contributed by atoms with van der Waals surface area (Å²) < 4.78 is 15.1. The Labute approximate surface area is 86.1 Å². The molecule has 0 N–H and O–H groups in total. The summed E-state index contributed by atoms with van der Waals surface area (Å²) in [6.07, 6.45) is 0. The first-order chi connectivity index (χ1) is 5.68. The van der Waals surface area contributed by atoms with Crippen LogP contribution in [0.2, 0.25) is 4.34 Å². The van der Waals surface area contributed by atoms with Gasteiger partial charge in [-0.15, -0.1) is 11.3 Å². The number of rotatable bonds is 0. The summed E-state index contributed by atoms with van der Waals surface area (Å²) in [7, 11) is 0. The minimum Gasteiger partial charge on any atom is -0.206 e. The summed E-state index contributed by atoms with van der Waals surface area (Å²) >= 11 is 10.4. The van der Waals surface area contributed by atoms with Gasteiger partial charge in [0.15, 0.2) is 0 Å². The number of hydrogen-bond acceptors (Lipinski definition) is 1. The van der Waals surface area contributed by atoms with Crippen molar-refractivity contribution in [1.82, 2.24) is 0 Å². The van der Waals surface area contributed by atoms with Crippen LogP contribution in [-0.4, -0.2) is 0 Å². The second kappa shape index (κ2) is 2.98. The van der Waals surface area contributed by atoms with Crippen molar-refractivity contribution in [2.24, 2.45) is 0 Å². The van der Waals surface area contributed by atoms with Crippen LogP contribution in [0.5, 0.6) is 0 Å². The molecule has 0 saturated carbocycles. The Morgan fingerprint density at radius 3 is 2.92 bits per heavy atom. The first-order valence-electron chi connectivity index (χ1n) is 3.21. The monoisotopic (exact) mass is 264 g/mol. The Hall–Kier alpha value is -0.120. The second-order valence-corrected chi connectivity index (χ2v) is 4.83. The predicted octanol–water partition coefficient (Wildman–Crippen LogP) is 4.46. The maximum Gasteiger partial charge on any atom is 0.138 e. The van der Waals surface area contributed by atoms with Gasteiger partial charge < -0.3 is 0 Å². The number of benzene rings is 1. The minimum absolute atomic E-state index is 0.253. The van der Waals surface area contributed by atoms with Gasteiger partial charge in [-0.3, -0.25) is 0 Å². The summed E-state index contributed by atoms with van der Waals surface area (Å²) in [6, 6.07) is 4.92. The highest BCUT2D eigenvalue weighted by atomic mass is 79.9. The highest BCUT2D eigenvalue weighted by molar-refractivity contribution is 9.10. The molecule has 2 aromatic rings. The lowest BCUT2D eigenvalue weighted by atomic mass is 10.3. The van der Waals surface area contributed by atoms with E-state index in [1.165, 1.54) is 17.4 Å². The van der Waals surface area contributed by atoms with E-state index < -0.39 is 0 Å². The number of fused-ring (bicyclic) bond motifs is 1. The molecule has 0 amide bonds. The Balaban J connectivity index is 2.89. The first-order valence-corrected chi connectivity index (χ1v) is 5.20. The fourth-order valence-electron chi connectivity index (χ4n) is 1.02. The summed E-state index contributed by atoms with van der Waals surface area (Å²) in [4.78, 5) is 0. The van der Waals surface area contributed by atoms with Crippen molar-refractivity contribution < 1.29 is 4.39 Å². The molecule has 0 aliphatic rings. The van der Waals surface area contributed by atoms with Crippen molar-refractivity contribution in [2.45, 2.75) is 0 Å². The van der Waals surface area contributed by atoms with Gasteiger partial charge >= 0.3 is 0 Å². The first kappa shape index (κ1) is 8.48. The SMILES string of the molecule is Fc1ccc2sc(Cl)cc2c1Br. The molecule has 1 aromatic carbocycles. The van der Waals surface area contributed by atoms with Crippen LogP contribution in [0.3, 0.4) is 0 Å². The van der Waals surface area contributed by atoms with E-state index in [1.807, 2.05) is 0 Å². The zero-order valence-corrected chi connectivity index (χ0v) is 8.93. The van der Waals surface area contributed by atoms with E-state index in [9.17, 15) is 4.39 Å². The summed E-state index contributed by atoms with van der Waals surface area (Å²) in [6.45, 7) is 0. The molecule has 62 valence electrons. The molecular weight excluding hydrogens is 263 g/mol. The summed E-state index contributed by atoms with van der Waals surface area (Å²) in [5.74, 6) is -0.253. The highest BCUT2D eigenvalue weighted by Gasteiger charge is 2.06. The lowest BCUT2D eigenvalue weighted by molar-refractivity contribution is 0.623. The molecule has 0 unspecified atom stereocenters. The number of thiophene rings is 1. The molecule has 0 fully saturated rings. The van der Waals surface area contributed by atoms with Crippen molar-refractivity contribution in [2.75, 3.05) is 0 Å². The predicted molar refractivity (Wildman–Crippen MR) is 54.5 cm³/mol. The maximum absolute atomic E-state index is 13.0. The van der Waals surface area contributed by atoms with Crippen LogP contribution in [0.1, 0.15) is 0 Å². The summed E-state index contributed by atoms with van der Waals surface area (Å²) in [5.41, 5.74) is 0. The van der Waals surface area contributed by atoms with Crippen LogP contribution in [-0.2, 0) is 0 Å². The Morgan fingerprint density at radius 2 is 2.17 bits per heavy atom. The highest BCUT2D eigenvalue weighted by Crippen LogP contribution is 2.35. The molecule has 2 rings (SSSR count). The molecular formula is C8H3BrClFS. The lowest BCUT2D eigenvalue weighted by Crippen LogP contribution is -1.74. The molecule has 0 aliphatic carbocycles. The van der Waals surface area contributed by atoms with E-state index in [2.05, 4.69) is 15.9 Å². The van der Waals surface area contributed by atoms with Crippen molar-refractivity contribution in [3.63, 3.8) is 0 Å². The van der Waals surface area contributed by atoms with Gasteiger partial charge in [-0.05, 0) is 34.1 Å². The molecule has 0 spiro atoms. The van der Waals surface area contributed by atoms with Crippen LogP contribution in [0.4, 0.5) is 4.39 Å². The van der Waals surface area contributed by atoms with Gasteiger partial charge in [0.2, 0.25) is 0 Å². The van der Waals surface area contributed by atoms with Crippen LogP contribution >= 0.6 is 38.9 Å². The van der Waals surface area contributed by atoms with E-state index in [1.54, 1.807) is 12.1 Å². The van der Waals surface area contributed by atoms with Gasteiger partial charge in [-0.25, -0.2) is 4.39 Å². The zero-order valence-electron chi connectivity index (χ0n) is 5.77. The van der Waals surface area contributed by atoms with Crippen molar-refractivity contribution >= 4 is 49.0 Å². The Bertz CT molecular complexity index is 438. The number of hydrogen-bond donors (Lipinski definition) is 0. The van der Waals surface area contributed by atoms with E-state index in [0.29, 0.717) is 8.81 Å². The quantitative estimate of drug-likeness (QED) is 0.660. The third-order valence-corrected chi connectivity index (χ3v) is 3.59. The third kappa shape index (κ3) is 1.26. The van der Waals surface area contributed by atoms with Crippen LogP contribution in [0.25, 0.3) is 10.1 Å². The third-order valence-electron chi connectivity index (χ3n) is 1.56. The molecule has 0 bridgehead atoms. The van der Waals surface area contributed by atoms with Crippen molar-refractivity contribution in [3.05, 3.63) is 32.8 Å². The van der Waals surface area contributed by atoms with Crippen LogP contribution in [0.15, 0.2) is 22.7 Å². The molecule has 4 heteroatoms. The van der Waals surface area contributed by atoms with Gasteiger partial charge in [0.05, 0.1) is 8.81 Å². The molecule has 12 heavy (non-hydrogen) atoms. The molecule has 1 heterocycles. The molecule has 0 atom stereocenters. The van der Waals surface area contributed by atoms with Gasteiger partial charge in [0.1, 0.15) is 5.82 Å². The molecule has 0 radical (unpaired) electrons. The number of halogens is 3. The van der Waals surface area contributed by atoms with Crippen LogP contribution in [0, 0.1) is 5.82 Å². The molecule has 0 saturated heterocycles. The zero-order chi connectivity index (χ0) is 8.72. The topological polar surface area (TPSA) is 0 Å². The van der Waals surface area contributed by atoms with Crippen LogP contribution < -0.4 is 0 Å². The van der Waals surface area contributed by atoms with Gasteiger partial charge in [-0.2, -0.15) is 0 Å². The minimum atomic E-state index is -0.253. The van der Waals surface area contributed by atoms with Crippen molar-refractivity contribution in [3.8, 4) is 0 Å². The van der Waals surface area contributed by atoms with E-state index in [0.717, 1.165) is 10.1 Å². The standard InChI is InChI=1S/C8H3BrClFS/c9-8-4-3-7(10)12-6(4)2-1-5(8)11/h1-3H. The fourth-order valence-corrected chi connectivity index (χ4v) is 2.76. The molecule has 1 aromatic heterocycles. The van der Waals surface area contributed by atoms with Gasteiger partial charge in [0, 0.05) is 10.1 Å². The Morgan fingerprint density at radius 1 is 1.42 bits per heavy atom. The molecule has 0 nitrogen and oxygen atoms in total. The Kier molecular flexibility index (Phi) is 2.10. The largest absolute Gasteiger partial charge is 0.206 e. The van der Waals surface area contributed by atoms with E-state index in [-0.39, 0.29) is 5.82 Å². The average molecular weight is 266 g/mol. The van der Waals surface area contributed by atoms with Gasteiger partial charge in [0.25, 0.3) is 0 Å². The average Bonchev–Trinajstić information content (AvgIpc) is 2.39. The van der Waals surface area contributed by atoms with Crippen molar-refractivity contribution in [1.29, 1.82) is 0 Å². The van der Waals surface area contributed by atoms with E-state index in [4.69, 9.17) is 11.6 Å².